The van der Waals surface area contributed by atoms with Crippen molar-refractivity contribution in [3.63, 3.8) is 0 Å². The molecule has 1 amide bonds. The number of rotatable bonds is 8. The lowest BCUT2D eigenvalue weighted by Crippen LogP contribution is -2.39. The van der Waals surface area contributed by atoms with E-state index in [-0.39, 0.29) is 26.5 Å². The molecule has 3 nitrogen and oxygen atoms in total. The van der Waals surface area contributed by atoms with Crippen LogP contribution < -0.4 is 0 Å². The molecule has 0 heterocycles. The predicted molar refractivity (Wildman–Crippen MR) is 130 cm³/mol. The van der Waals surface area contributed by atoms with E-state index in [0.29, 0.717) is 12.1 Å². The fourth-order valence-corrected chi connectivity index (χ4v) is 4.63. The number of alkyl halides is 9. The number of carbonyl (C=O) groups is 2. The number of hydrogen-bond acceptors (Lipinski definition) is 2. The third-order valence-electron chi connectivity index (χ3n) is 5.52. The van der Waals surface area contributed by atoms with Crippen LogP contribution in [0.3, 0.4) is 0 Å². The molecule has 0 fully saturated rings. The van der Waals surface area contributed by atoms with Gasteiger partial charge in [-0.25, -0.2) is 4.39 Å². The minimum atomic E-state index is -5.27. The number of allylic oxidation sites excluding steroid dienone is 1. The van der Waals surface area contributed by atoms with Crippen LogP contribution in [-0.2, 0) is 11.0 Å². The van der Waals surface area contributed by atoms with Gasteiger partial charge in [0, 0.05) is 40.0 Å². The van der Waals surface area contributed by atoms with Gasteiger partial charge in [-0.1, -0.05) is 46.6 Å². The van der Waals surface area contributed by atoms with Crippen LogP contribution in [0.1, 0.15) is 46.3 Å². The second kappa shape index (κ2) is 12.5. The van der Waals surface area contributed by atoms with Crippen molar-refractivity contribution in [2.75, 3.05) is 13.6 Å². The van der Waals surface area contributed by atoms with E-state index in [2.05, 4.69) is 15.9 Å². The highest BCUT2D eigenvalue weighted by molar-refractivity contribution is 9.10. The van der Waals surface area contributed by atoms with Crippen molar-refractivity contribution in [2.45, 2.75) is 37.8 Å². The molecular weight excluding hydrogens is 652 g/mol. The smallest absolute Gasteiger partial charge is 0.336 e. The standard InChI is InChI=1S/C25H19BrClF10NO2/c1-12(22(40)38(2)11-23(29,30)31)5-21(39)17-4-3-13(8-19(17)25(35,36)37)20(28)10-18(24(32,33)34)14-6-15(26)9-16(27)7-14/h3-4,6-10,12,18H,5,11H2,1-2H3/b20-10-/t12-,18?/m0/s1. The molecule has 40 heavy (non-hydrogen) atoms. The van der Waals surface area contributed by atoms with E-state index in [4.69, 9.17) is 11.6 Å². The zero-order chi connectivity index (χ0) is 30.8. The third-order valence-corrected chi connectivity index (χ3v) is 6.19. The van der Waals surface area contributed by atoms with Crippen molar-refractivity contribution in [1.29, 1.82) is 0 Å². The van der Waals surface area contributed by atoms with E-state index in [1.807, 2.05) is 0 Å². The summed E-state index contributed by atoms with van der Waals surface area (Å²) < 4.78 is 135. The lowest BCUT2D eigenvalue weighted by atomic mass is 9.92. The number of halogens is 12. The number of amides is 1. The minimum Gasteiger partial charge on any atom is -0.336 e. The molecule has 0 bridgehead atoms. The van der Waals surface area contributed by atoms with Crippen molar-refractivity contribution in [2.24, 2.45) is 5.92 Å². The first-order chi connectivity index (χ1) is 18.1. The molecule has 0 saturated carbocycles. The summed E-state index contributed by atoms with van der Waals surface area (Å²) >= 11 is 8.74. The maximum Gasteiger partial charge on any atom is 0.417 e. The number of ketones is 1. The summed E-state index contributed by atoms with van der Waals surface area (Å²) in [6.45, 7) is -0.605. The first-order valence-corrected chi connectivity index (χ1v) is 12.2. The fraction of sp³-hybridized carbons (Fsp3) is 0.360. The van der Waals surface area contributed by atoms with Crippen molar-refractivity contribution in [3.8, 4) is 0 Å². The maximum atomic E-state index is 15.0. The van der Waals surface area contributed by atoms with Crippen molar-refractivity contribution < 1.29 is 53.5 Å². The number of hydrogen-bond donors (Lipinski definition) is 0. The van der Waals surface area contributed by atoms with Crippen LogP contribution in [-0.4, -0.2) is 42.5 Å². The summed E-state index contributed by atoms with van der Waals surface area (Å²) in [6.07, 6.45) is -15.9. The second-order valence-electron chi connectivity index (χ2n) is 8.83. The highest BCUT2D eigenvalue weighted by Crippen LogP contribution is 2.41. The SMILES string of the molecule is C[C@@H](CC(=O)c1ccc(/C(F)=C/C(c2cc(Cl)cc(Br)c2)C(F)(F)F)cc1C(F)(F)F)C(=O)N(C)CC(F)(F)F. The molecule has 2 rings (SSSR count). The van der Waals surface area contributed by atoms with Crippen LogP contribution in [0.2, 0.25) is 5.02 Å². The van der Waals surface area contributed by atoms with E-state index in [0.717, 1.165) is 26.1 Å². The minimum absolute atomic E-state index is 0.0618. The van der Waals surface area contributed by atoms with Gasteiger partial charge in [0.25, 0.3) is 0 Å². The molecule has 0 aliphatic rings. The Morgan fingerprint density at radius 1 is 1.00 bits per heavy atom. The molecule has 0 radical (unpaired) electrons. The average Bonchev–Trinajstić information content (AvgIpc) is 2.78. The number of benzene rings is 2. The molecule has 2 aromatic rings. The molecule has 2 aromatic carbocycles. The lowest BCUT2D eigenvalue weighted by molar-refractivity contribution is -0.160. The molecule has 0 aliphatic heterocycles. The zero-order valence-corrected chi connectivity index (χ0v) is 22.8. The largest absolute Gasteiger partial charge is 0.417 e. The van der Waals surface area contributed by atoms with Gasteiger partial charge >= 0.3 is 18.5 Å². The van der Waals surface area contributed by atoms with Gasteiger partial charge < -0.3 is 4.90 Å². The molecule has 0 aliphatic carbocycles. The molecule has 1 unspecified atom stereocenters. The number of Topliss-reactive ketones (excluding diaryl/α,β-unsaturated/α-hetero) is 1. The first-order valence-electron chi connectivity index (χ1n) is 11.1. The van der Waals surface area contributed by atoms with Crippen molar-refractivity contribution >= 4 is 45.0 Å². The summed E-state index contributed by atoms with van der Waals surface area (Å²) in [5, 5.41) is -0.119. The van der Waals surface area contributed by atoms with Gasteiger partial charge in [0.2, 0.25) is 5.91 Å². The van der Waals surface area contributed by atoms with Crippen LogP contribution in [0, 0.1) is 5.92 Å². The van der Waals surface area contributed by atoms with Crippen molar-refractivity contribution in [3.05, 3.63) is 74.2 Å². The van der Waals surface area contributed by atoms with Gasteiger partial charge in [0.15, 0.2) is 5.78 Å². The molecule has 2 atom stereocenters. The van der Waals surface area contributed by atoms with Crippen LogP contribution in [0.4, 0.5) is 43.9 Å². The van der Waals surface area contributed by atoms with E-state index in [9.17, 15) is 53.5 Å². The molecule has 0 saturated heterocycles. The van der Waals surface area contributed by atoms with Crippen LogP contribution in [0.5, 0.6) is 0 Å². The third kappa shape index (κ3) is 9.22. The number of nitrogens with zero attached hydrogens (tertiary/aromatic N) is 1. The molecule has 0 aromatic heterocycles. The monoisotopic (exact) mass is 669 g/mol. The van der Waals surface area contributed by atoms with Crippen LogP contribution in [0.25, 0.3) is 5.83 Å². The summed E-state index contributed by atoms with van der Waals surface area (Å²) in [5.74, 6) is -8.17. The van der Waals surface area contributed by atoms with Gasteiger partial charge in [-0.2, -0.15) is 39.5 Å². The van der Waals surface area contributed by atoms with E-state index in [1.54, 1.807) is 0 Å². The van der Waals surface area contributed by atoms with E-state index < -0.39 is 83.1 Å². The van der Waals surface area contributed by atoms with Gasteiger partial charge in [0.1, 0.15) is 18.3 Å². The molecule has 0 N–H and O–H groups in total. The fourth-order valence-electron chi connectivity index (χ4n) is 3.75. The summed E-state index contributed by atoms with van der Waals surface area (Å²) in [5.41, 5.74) is -4.16. The Kier molecular flexibility index (Phi) is 10.5. The average molecular weight is 671 g/mol. The Morgan fingerprint density at radius 3 is 2.10 bits per heavy atom. The van der Waals surface area contributed by atoms with Gasteiger partial charge in [-0.15, -0.1) is 0 Å². The maximum absolute atomic E-state index is 15.0. The van der Waals surface area contributed by atoms with Crippen LogP contribution >= 0.6 is 27.5 Å². The molecular formula is C25H19BrClF10NO2. The molecule has 0 spiro atoms. The topological polar surface area (TPSA) is 37.4 Å². The zero-order valence-electron chi connectivity index (χ0n) is 20.4. The number of carbonyl (C=O) groups excluding carboxylic acids is 2. The highest BCUT2D eigenvalue weighted by Gasteiger charge is 2.41. The Bertz CT molecular complexity index is 1270. The van der Waals surface area contributed by atoms with Crippen molar-refractivity contribution in [1.82, 2.24) is 4.90 Å². The summed E-state index contributed by atoms with van der Waals surface area (Å²) in [7, 11) is 0.804. The Labute approximate surface area is 234 Å². The Hall–Kier alpha value is -2.61. The molecule has 220 valence electrons. The summed E-state index contributed by atoms with van der Waals surface area (Å²) in [4.78, 5) is 25.0. The van der Waals surface area contributed by atoms with Gasteiger partial charge in [0.05, 0.1) is 5.56 Å². The second-order valence-corrected chi connectivity index (χ2v) is 10.2. The van der Waals surface area contributed by atoms with Crippen LogP contribution in [0.15, 0.2) is 46.9 Å². The quantitative estimate of drug-likeness (QED) is 0.208. The predicted octanol–water partition coefficient (Wildman–Crippen LogP) is 9.01. The first kappa shape index (κ1) is 33.6. The van der Waals surface area contributed by atoms with Gasteiger partial charge in [-0.05, 0) is 35.9 Å². The Balaban J connectivity index is 2.45. The Morgan fingerprint density at radius 2 is 1.60 bits per heavy atom. The summed E-state index contributed by atoms with van der Waals surface area (Å²) in [6, 6.07) is 4.51. The molecule has 15 heteroatoms. The lowest BCUT2D eigenvalue weighted by Gasteiger charge is -2.22. The van der Waals surface area contributed by atoms with Gasteiger partial charge in [-0.3, -0.25) is 9.59 Å². The van der Waals surface area contributed by atoms with E-state index >= 15 is 0 Å². The van der Waals surface area contributed by atoms with E-state index in [1.165, 1.54) is 6.07 Å². The normalized spacial score (nSPS) is 14.6. The highest BCUT2D eigenvalue weighted by atomic mass is 79.9.